The monoisotopic (exact) mass is 266 g/mol. The molecule has 0 saturated carbocycles. The molecule has 1 rings (SSSR count). The Morgan fingerprint density at radius 1 is 1.26 bits per heavy atom. The largest absolute Gasteiger partial charge is 0.477 e. The summed E-state index contributed by atoms with van der Waals surface area (Å²) in [5.74, 6) is 1.31. The molecule has 5 nitrogen and oxygen atoms in total. The van der Waals surface area contributed by atoms with Crippen LogP contribution in [0.1, 0.15) is 40.0 Å². The molecule has 0 aliphatic heterocycles. The molecule has 0 aliphatic rings. The highest BCUT2D eigenvalue weighted by atomic mass is 16.5. The maximum Gasteiger partial charge on any atom is 0.234 e. The van der Waals surface area contributed by atoms with Crippen molar-refractivity contribution in [3.63, 3.8) is 0 Å². The summed E-state index contributed by atoms with van der Waals surface area (Å²) in [6, 6.07) is 0. The molecule has 0 saturated heterocycles. The fourth-order valence-corrected chi connectivity index (χ4v) is 1.85. The summed E-state index contributed by atoms with van der Waals surface area (Å²) in [4.78, 5) is 8.51. The van der Waals surface area contributed by atoms with E-state index in [9.17, 15) is 0 Å². The van der Waals surface area contributed by atoms with E-state index in [0.717, 1.165) is 31.6 Å². The molecule has 0 aromatic carbocycles. The van der Waals surface area contributed by atoms with Crippen LogP contribution in [-0.4, -0.2) is 29.7 Å². The molecule has 0 unspecified atom stereocenters. The summed E-state index contributed by atoms with van der Waals surface area (Å²) in [5.41, 5.74) is 6.01. The van der Waals surface area contributed by atoms with Crippen molar-refractivity contribution in [1.82, 2.24) is 9.97 Å². The molecule has 0 amide bonds. The summed E-state index contributed by atoms with van der Waals surface area (Å²) in [6.45, 7) is 8.55. The SMILES string of the molecule is CCCOc1cncc(NCC(CC)(CC)CN)n1. The van der Waals surface area contributed by atoms with Crippen molar-refractivity contribution in [2.75, 3.05) is 25.0 Å². The van der Waals surface area contributed by atoms with Crippen molar-refractivity contribution < 1.29 is 4.74 Å². The van der Waals surface area contributed by atoms with Gasteiger partial charge >= 0.3 is 0 Å². The number of hydrogen-bond acceptors (Lipinski definition) is 5. The van der Waals surface area contributed by atoms with Gasteiger partial charge in [0.25, 0.3) is 0 Å². The Labute approximate surface area is 116 Å². The van der Waals surface area contributed by atoms with Crippen molar-refractivity contribution in [2.24, 2.45) is 11.1 Å². The Balaban J connectivity index is 2.61. The third-order valence-corrected chi connectivity index (χ3v) is 3.64. The van der Waals surface area contributed by atoms with Gasteiger partial charge in [0.05, 0.1) is 19.0 Å². The molecule has 0 aliphatic carbocycles. The number of hydrogen-bond donors (Lipinski definition) is 2. The number of anilines is 1. The quantitative estimate of drug-likeness (QED) is 0.718. The van der Waals surface area contributed by atoms with Crippen molar-refractivity contribution in [3.05, 3.63) is 12.4 Å². The molecule has 19 heavy (non-hydrogen) atoms. The van der Waals surface area contributed by atoms with Gasteiger partial charge in [0.15, 0.2) is 0 Å². The van der Waals surface area contributed by atoms with Crippen LogP contribution in [0.4, 0.5) is 5.82 Å². The number of aromatic nitrogens is 2. The molecule has 0 bridgehead atoms. The molecule has 1 aromatic rings. The third kappa shape index (κ3) is 4.67. The normalized spacial score (nSPS) is 11.4. The zero-order valence-electron chi connectivity index (χ0n) is 12.3. The molecule has 0 atom stereocenters. The van der Waals surface area contributed by atoms with Gasteiger partial charge < -0.3 is 15.8 Å². The van der Waals surface area contributed by atoms with E-state index in [2.05, 4.69) is 36.1 Å². The highest BCUT2D eigenvalue weighted by Gasteiger charge is 2.24. The molecule has 5 heteroatoms. The number of nitrogens with two attached hydrogens (primary N) is 1. The Hall–Kier alpha value is -1.36. The van der Waals surface area contributed by atoms with Gasteiger partial charge in [-0.15, -0.1) is 0 Å². The molecule has 108 valence electrons. The molecule has 1 heterocycles. The van der Waals surface area contributed by atoms with Gasteiger partial charge in [0.1, 0.15) is 5.82 Å². The van der Waals surface area contributed by atoms with E-state index in [1.807, 2.05) is 0 Å². The van der Waals surface area contributed by atoms with Gasteiger partial charge in [-0.25, -0.2) is 0 Å². The Bertz CT molecular complexity index is 358. The Kier molecular flexibility index (Phi) is 6.56. The second-order valence-electron chi connectivity index (χ2n) is 4.86. The first kappa shape index (κ1) is 15.7. The summed E-state index contributed by atoms with van der Waals surface area (Å²) in [5, 5.41) is 3.32. The van der Waals surface area contributed by atoms with Crippen LogP contribution in [0.5, 0.6) is 5.88 Å². The lowest BCUT2D eigenvalue weighted by atomic mass is 9.82. The van der Waals surface area contributed by atoms with Crippen LogP contribution < -0.4 is 15.8 Å². The predicted octanol–water partition coefficient (Wildman–Crippen LogP) is 2.44. The summed E-state index contributed by atoms with van der Waals surface area (Å²) < 4.78 is 5.47. The van der Waals surface area contributed by atoms with Gasteiger partial charge in [0, 0.05) is 6.54 Å². The highest BCUT2D eigenvalue weighted by Crippen LogP contribution is 2.25. The Morgan fingerprint density at radius 2 is 2.00 bits per heavy atom. The first-order valence-electron chi connectivity index (χ1n) is 7.08. The highest BCUT2D eigenvalue weighted by molar-refractivity contribution is 5.33. The molecule has 1 aromatic heterocycles. The number of rotatable bonds is 9. The van der Waals surface area contributed by atoms with Crippen LogP contribution in [0, 0.1) is 5.41 Å². The van der Waals surface area contributed by atoms with Crippen LogP contribution in [0.3, 0.4) is 0 Å². The fourth-order valence-electron chi connectivity index (χ4n) is 1.85. The molecular formula is C14H26N4O. The molecular weight excluding hydrogens is 240 g/mol. The van der Waals surface area contributed by atoms with Crippen molar-refractivity contribution in [1.29, 1.82) is 0 Å². The van der Waals surface area contributed by atoms with E-state index in [1.165, 1.54) is 0 Å². The molecule has 0 spiro atoms. The minimum Gasteiger partial charge on any atom is -0.477 e. The van der Waals surface area contributed by atoms with Gasteiger partial charge in [-0.2, -0.15) is 4.98 Å². The minimum atomic E-state index is 0.127. The summed E-state index contributed by atoms with van der Waals surface area (Å²) in [6.07, 6.45) is 6.41. The fraction of sp³-hybridized carbons (Fsp3) is 0.714. The van der Waals surface area contributed by atoms with E-state index in [4.69, 9.17) is 10.5 Å². The lowest BCUT2D eigenvalue weighted by Gasteiger charge is -2.30. The maximum absolute atomic E-state index is 5.89. The van der Waals surface area contributed by atoms with E-state index in [0.29, 0.717) is 19.0 Å². The first-order chi connectivity index (χ1) is 9.19. The number of nitrogens with zero attached hydrogens (tertiary/aromatic N) is 2. The average molecular weight is 266 g/mol. The zero-order chi connectivity index (χ0) is 14.1. The van der Waals surface area contributed by atoms with Crippen LogP contribution in [0.15, 0.2) is 12.4 Å². The summed E-state index contributed by atoms with van der Waals surface area (Å²) >= 11 is 0. The van der Waals surface area contributed by atoms with Gasteiger partial charge in [-0.1, -0.05) is 20.8 Å². The maximum atomic E-state index is 5.89. The lowest BCUT2D eigenvalue weighted by Crippen LogP contribution is -2.36. The van der Waals surface area contributed by atoms with Crippen LogP contribution in [0.25, 0.3) is 0 Å². The van der Waals surface area contributed by atoms with E-state index in [-0.39, 0.29) is 5.41 Å². The standard InChI is InChI=1S/C14H26N4O/c1-4-7-19-13-9-16-8-12(18-13)17-11-14(5-2,6-3)10-15/h8-9H,4-7,10-11,15H2,1-3H3,(H,17,18). The van der Waals surface area contributed by atoms with Crippen LogP contribution in [-0.2, 0) is 0 Å². The molecule has 3 N–H and O–H groups in total. The number of ether oxygens (including phenoxy) is 1. The second-order valence-corrected chi connectivity index (χ2v) is 4.86. The minimum absolute atomic E-state index is 0.127. The Morgan fingerprint density at radius 3 is 2.58 bits per heavy atom. The van der Waals surface area contributed by atoms with Crippen LogP contribution >= 0.6 is 0 Å². The first-order valence-corrected chi connectivity index (χ1v) is 7.08. The van der Waals surface area contributed by atoms with Crippen molar-refractivity contribution >= 4 is 5.82 Å². The predicted molar refractivity (Wildman–Crippen MR) is 78.4 cm³/mol. The van der Waals surface area contributed by atoms with Crippen LogP contribution in [0.2, 0.25) is 0 Å². The third-order valence-electron chi connectivity index (χ3n) is 3.64. The van der Waals surface area contributed by atoms with Crippen molar-refractivity contribution in [3.8, 4) is 5.88 Å². The van der Waals surface area contributed by atoms with Crippen molar-refractivity contribution in [2.45, 2.75) is 40.0 Å². The van der Waals surface area contributed by atoms with E-state index >= 15 is 0 Å². The smallest absolute Gasteiger partial charge is 0.234 e. The average Bonchev–Trinajstić information content (AvgIpc) is 2.47. The summed E-state index contributed by atoms with van der Waals surface area (Å²) in [7, 11) is 0. The molecule has 0 fully saturated rings. The molecule has 0 radical (unpaired) electrons. The number of nitrogens with one attached hydrogen (secondary N) is 1. The van der Waals surface area contributed by atoms with E-state index in [1.54, 1.807) is 12.4 Å². The van der Waals surface area contributed by atoms with E-state index < -0.39 is 0 Å². The zero-order valence-corrected chi connectivity index (χ0v) is 12.3. The topological polar surface area (TPSA) is 73.1 Å². The van der Waals surface area contributed by atoms with Gasteiger partial charge in [0.2, 0.25) is 5.88 Å². The second kappa shape index (κ2) is 7.94. The lowest BCUT2D eigenvalue weighted by molar-refractivity contribution is 0.293. The van der Waals surface area contributed by atoms with Gasteiger partial charge in [-0.05, 0) is 31.2 Å². The van der Waals surface area contributed by atoms with Gasteiger partial charge in [-0.3, -0.25) is 4.98 Å².